The Morgan fingerprint density at radius 3 is 2.46 bits per heavy atom. The Balaban J connectivity index is 2.06. The lowest BCUT2D eigenvalue weighted by atomic mass is 9.91. The fraction of sp³-hybridized carbons (Fsp3) is 0.238. The molecule has 3 nitrogen and oxygen atoms in total. The van der Waals surface area contributed by atoms with Gasteiger partial charge in [-0.2, -0.15) is 0 Å². The normalized spacial score (nSPS) is 19.5. The average Bonchev–Trinajstić information content (AvgIpc) is 2.89. The second-order valence-corrected chi connectivity index (χ2v) is 7.04. The van der Waals surface area contributed by atoms with Crippen LogP contribution in [0.25, 0.3) is 11.1 Å². The molecule has 2 atom stereocenters. The first-order valence-electron chi connectivity index (χ1n) is 8.09. The first kappa shape index (κ1) is 18.5. The molecule has 132 valence electrons. The molecule has 26 heavy (non-hydrogen) atoms. The number of Topliss-reactive ketones (excluding diaryl/α,β-unsaturated/α-hetero) is 2. The summed E-state index contributed by atoms with van der Waals surface area (Å²) in [5.74, 6) is 1.15. The van der Waals surface area contributed by atoms with Gasteiger partial charge < -0.3 is 4.74 Å². The van der Waals surface area contributed by atoms with E-state index < -0.39 is 11.8 Å². The minimum Gasteiger partial charge on any atom is -0.496 e. The number of benzene rings is 2. The van der Waals surface area contributed by atoms with Gasteiger partial charge in [0.15, 0.2) is 5.78 Å². The molecular weight excluding hydrogens is 371 g/mol. The molecular formula is C21H16Cl2O3. The molecule has 2 aromatic rings. The molecule has 0 N–H and O–H groups in total. The van der Waals surface area contributed by atoms with Crippen molar-refractivity contribution in [3.8, 4) is 29.2 Å². The van der Waals surface area contributed by atoms with Gasteiger partial charge in [0.05, 0.1) is 7.11 Å². The van der Waals surface area contributed by atoms with Crippen LogP contribution in [0, 0.1) is 18.3 Å². The zero-order valence-electron chi connectivity index (χ0n) is 14.1. The fourth-order valence-corrected chi connectivity index (χ4v) is 3.77. The van der Waals surface area contributed by atoms with Gasteiger partial charge in [-0.05, 0) is 35.4 Å². The number of methoxy groups -OCH3 is 1. The molecule has 0 heterocycles. The van der Waals surface area contributed by atoms with Gasteiger partial charge in [-0.3, -0.25) is 9.59 Å². The van der Waals surface area contributed by atoms with Gasteiger partial charge in [0.25, 0.3) is 0 Å². The maximum atomic E-state index is 12.7. The minimum absolute atomic E-state index is 0.145. The van der Waals surface area contributed by atoms with E-state index in [-0.39, 0.29) is 24.4 Å². The zero-order chi connectivity index (χ0) is 18.8. The van der Waals surface area contributed by atoms with E-state index in [0.29, 0.717) is 21.4 Å². The van der Waals surface area contributed by atoms with Crippen LogP contribution < -0.4 is 4.74 Å². The van der Waals surface area contributed by atoms with Gasteiger partial charge in [-0.1, -0.05) is 35.3 Å². The summed E-state index contributed by atoms with van der Waals surface area (Å²) >= 11 is 12.4. The number of carbonyl (C=O) groups is 2. The van der Waals surface area contributed by atoms with Crippen LogP contribution >= 0.6 is 23.2 Å². The highest BCUT2D eigenvalue weighted by molar-refractivity contribution is 6.33. The van der Waals surface area contributed by atoms with Gasteiger partial charge in [-0.15, -0.1) is 12.3 Å². The molecule has 5 heteroatoms. The monoisotopic (exact) mass is 386 g/mol. The summed E-state index contributed by atoms with van der Waals surface area (Å²) in [4.78, 5) is 25.1. The summed E-state index contributed by atoms with van der Waals surface area (Å²) in [5, 5.41) is 0.951. The molecule has 1 aliphatic carbocycles. The standard InChI is InChI=1S/C21H16Cl2O3/c1-3-4-13-10-17(24)20(21(13)25)19-16(23)9-14(11-18(19)26-2)12-5-7-15(22)8-6-12/h1,5-9,11,13,20H,4,10H2,2H3. The van der Waals surface area contributed by atoms with Gasteiger partial charge in [0.1, 0.15) is 17.5 Å². The molecule has 0 saturated heterocycles. The maximum absolute atomic E-state index is 12.7. The topological polar surface area (TPSA) is 43.4 Å². The van der Waals surface area contributed by atoms with E-state index in [2.05, 4.69) is 5.92 Å². The van der Waals surface area contributed by atoms with Crippen LogP contribution in [0.15, 0.2) is 36.4 Å². The van der Waals surface area contributed by atoms with Crippen LogP contribution in [0.3, 0.4) is 0 Å². The zero-order valence-corrected chi connectivity index (χ0v) is 15.6. The predicted octanol–water partition coefficient (Wildman–Crippen LogP) is 4.93. The summed E-state index contributed by atoms with van der Waals surface area (Å²) in [6.45, 7) is 0. The molecule has 2 unspecified atom stereocenters. The third kappa shape index (κ3) is 3.35. The van der Waals surface area contributed by atoms with Crippen molar-refractivity contribution in [3.05, 3.63) is 52.0 Å². The highest BCUT2D eigenvalue weighted by Gasteiger charge is 2.43. The summed E-state index contributed by atoms with van der Waals surface area (Å²) in [6.07, 6.45) is 5.71. The Labute approximate surface area is 162 Å². The number of ether oxygens (including phenoxy) is 1. The van der Waals surface area contributed by atoms with E-state index in [1.807, 2.05) is 12.1 Å². The highest BCUT2D eigenvalue weighted by Crippen LogP contribution is 2.43. The lowest BCUT2D eigenvalue weighted by molar-refractivity contribution is -0.124. The number of carbonyl (C=O) groups excluding carboxylic acids is 2. The number of terminal acetylenes is 1. The van der Waals surface area contributed by atoms with E-state index in [1.54, 1.807) is 24.3 Å². The van der Waals surface area contributed by atoms with Gasteiger partial charge in [-0.25, -0.2) is 0 Å². The Kier molecular flexibility index (Phi) is 5.36. The molecule has 0 radical (unpaired) electrons. The van der Waals surface area contributed by atoms with E-state index in [0.717, 1.165) is 11.1 Å². The Morgan fingerprint density at radius 1 is 1.15 bits per heavy atom. The summed E-state index contributed by atoms with van der Waals surface area (Å²) in [7, 11) is 1.49. The molecule has 1 aliphatic rings. The van der Waals surface area contributed by atoms with Crippen molar-refractivity contribution in [1.29, 1.82) is 0 Å². The third-order valence-electron chi connectivity index (χ3n) is 4.60. The van der Waals surface area contributed by atoms with Crippen molar-refractivity contribution in [1.82, 2.24) is 0 Å². The highest BCUT2D eigenvalue weighted by atomic mass is 35.5. The fourth-order valence-electron chi connectivity index (χ4n) is 3.32. The molecule has 2 aromatic carbocycles. The van der Waals surface area contributed by atoms with Crippen molar-refractivity contribution in [2.45, 2.75) is 18.8 Å². The molecule has 1 saturated carbocycles. The minimum atomic E-state index is -0.921. The van der Waals surface area contributed by atoms with Crippen molar-refractivity contribution < 1.29 is 14.3 Å². The quantitative estimate of drug-likeness (QED) is 0.552. The molecule has 0 aliphatic heterocycles. The molecule has 0 bridgehead atoms. The van der Waals surface area contributed by atoms with E-state index in [1.165, 1.54) is 7.11 Å². The lowest BCUT2D eigenvalue weighted by Crippen LogP contribution is -2.16. The molecule has 1 fully saturated rings. The van der Waals surface area contributed by atoms with Gasteiger partial charge >= 0.3 is 0 Å². The van der Waals surface area contributed by atoms with Crippen LogP contribution in [0.2, 0.25) is 10.0 Å². The summed E-state index contributed by atoms with van der Waals surface area (Å²) < 4.78 is 5.46. The van der Waals surface area contributed by atoms with Gasteiger partial charge in [0.2, 0.25) is 0 Å². The molecule has 0 spiro atoms. The number of hydrogen-bond donors (Lipinski definition) is 0. The second-order valence-electron chi connectivity index (χ2n) is 6.19. The molecule has 3 rings (SSSR count). The first-order chi connectivity index (χ1) is 12.5. The van der Waals surface area contributed by atoms with E-state index >= 15 is 0 Å². The molecule has 0 amide bonds. The Bertz CT molecular complexity index is 910. The Morgan fingerprint density at radius 2 is 1.85 bits per heavy atom. The SMILES string of the molecule is C#CCC1CC(=O)C(c2c(Cl)cc(-c3ccc(Cl)cc3)cc2OC)C1=O. The average molecular weight is 387 g/mol. The number of rotatable bonds is 4. The van der Waals surface area contributed by atoms with E-state index in [4.69, 9.17) is 34.4 Å². The van der Waals surface area contributed by atoms with Crippen molar-refractivity contribution in [3.63, 3.8) is 0 Å². The number of halogens is 2. The predicted molar refractivity (Wildman–Crippen MR) is 103 cm³/mol. The largest absolute Gasteiger partial charge is 0.496 e. The summed E-state index contributed by atoms with van der Waals surface area (Å²) in [5.41, 5.74) is 2.13. The van der Waals surface area contributed by atoms with Crippen LogP contribution in [0.1, 0.15) is 24.3 Å². The van der Waals surface area contributed by atoms with Crippen LogP contribution in [0.4, 0.5) is 0 Å². The van der Waals surface area contributed by atoms with Gasteiger partial charge in [0, 0.05) is 34.4 Å². The smallest absolute Gasteiger partial charge is 0.152 e. The third-order valence-corrected chi connectivity index (χ3v) is 5.16. The Hall–Kier alpha value is -2.28. The van der Waals surface area contributed by atoms with Crippen LogP contribution in [-0.2, 0) is 9.59 Å². The van der Waals surface area contributed by atoms with Crippen molar-refractivity contribution in [2.75, 3.05) is 7.11 Å². The van der Waals surface area contributed by atoms with Crippen LogP contribution in [-0.4, -0.2) is 18.7 Å². The van der Waals surface area contributed by atoms with E-state index in [9.17, 15) is 9.59 Å². The van der Waals surface area contributed by atoms with Crippen molar-refractivity contribution >= 4 is 34.8 Å². The molecule has 0 aromatic heterocycles. The lowest BCUT2D eigenvalue weighted by Gasteiger charge is -2.17. The maximum Gasteiger partial charge on any atom is 0.152 e. The number of ketones is 2. The first-order valence-corrected chi connectivity index (χ1v) is 8.85. The van der Waals surface area contributed by atoms with Crippen molar-refractivity contribution in [2.24, 2.45) is 5.92 Å². The summed E-state index contributed by atoms with van der Waals surface area (Å²) in [6, 6.07) is 10.8. The number of hydrogen-bond acceptors (Lipinski definition) is 3. The second kappa shape index (κ2) is 7.53. The van der Waals surface area contributed by atoms with Crippen LogP contribution in [0.5, 0.6) is 5.75 Å².